The van der Waals surface area contributed by atoms with Crippen molar-refractivity contribution in [3.8, 4) is 0 Å². The summed E-state index contributed by atoms with van der Waals surface area (Å²) in [6.45, 7) is 4.83. The molecule has 1 aliphatic carbocycles. The molecule has 4 heteroatoms. The standard InChI is InChI=1S/C16H23BrN2O/c1-12(2)19(15-5-3-4-6-15)11-16(20)18-14-9-7-13(17)8-10-14/h7-10,12,15H,3-6,11H2,1-2H3,(H,18,20). The molecule has 0 aromatic heterocycles. The molecule has 2 rings (SSSR count). The number of rotatable bonds is 5. The average Bonchev–Trinajstić information content (AvgIpc) is 2.92. The lowest BCUT2D eigenvalue weighted by Crippen LogP contribution is -2.43. The Morgan fingerprint density at radius 3 is 2.45 bits per heavy atom. The highest BCUT2D eigenvalue weighted by Crippen LogP contribution is 2.25. The first kappa shape index (κ1) is 15.5. The van der Waals surface area contributed by atoms with E-state index in [9.17, 15) is 4.79 Å². The molecule has 1 N–H and O–H groups in total. The van der Waals surface area contributed by atoms with Crippen molar-refractivity contribution < 1.29 is 4.79 Å². The zero-order chi connectivity index (χ0) is 14.5. The van der Waals surface area contributed by atoms with Crippen LogP contribution < -0.4 is 5.32 Å². The fourth-order valence-corrected chi connectivity index (χ4v) is 3.13. The van der Waals surface area contributed by atoms with Crippen LogP contribution in [0.2, 0.25) is 0 Å². The van der Waals surface area contributed by atoms with E-state index in [4.69, 9.17) is 0 Å². The lowest BCUT2D eigenvalue weighted by Gasteiger charge is -2.31. The predicted octanol–water partition coefficient (Wildman–Crippen LogP) is 4.04. The van der Waals surface area contributed by atoms with Crippen LogP contribution in [0.5, 0.6) is 0 Å². The Hall–Kier alpha value is -0.870. The number of nitrogens with one attached hydrogen (secondary N) is 1. The largest absolute Gasteiger partial charge is 0.325 e. The van der Waals surface area contributed by atoms with E-state index in [-0.39, 0.29) is 5.91 Å². The molecule has 0 spiro atoms. The van der Waals surface area contributed by atoms with Gasteiger partial charge in [-0.25, -0.2) is 0 Å². The number of carbonyl (C=O) groups is 1. The van der Waals surface area contributed by atoms with Crippen molar-refractivity contribution in [2.24, 2.45) is 0 Å². The second kappa shape index (κ2) is 7.23. The maximum Gasteiger partial charge on any atom is 0.238 e. The maximum absolute atomic E-state index is 12.2. The van der Waals surface area contributed by atoms with E-state index in [1.54, 1.807) is 0 Å². The van der Waals surface area contributed by atoms with Gasteiger partial charge in [-0.1, -0.05) is 28.8 Å². The monoisotopic (exact) mass is 338 g/mol. The number of carbonyl (C=O) groups excluding carboxylic acids is 1. The van der Waals surface area contributed by atoms with E-state index in [0.29, 0.717) is 18.6 Å². The fourth-order valence-electron chi connectivity index (χ4n) is 2.87. The van der Waals surface area contributed by atoms with Crippen molar-refractivity contribution >= 4 is 27.5 Å². The second-order valence-electron chi connectivity index (χ2n) is 5.76. The molecule has 0 aliphatic heterocycles. The van der Waals surface area contributed by atoms with Crippen molar-refractivity contribution in [2.75, 3.05) is 11.9 Å². The molecule has 0 bridgehead atoms. The Morgan fingerprint density at radius 2 is 1.90 bits per heavy atom. The van der Waals surface area contributed by atoms with Crippen molar-refractivity contribution in [3.63, 3.8) is 0 Å². The Bertz CT molecular complexity index is 438. The molecule has 1 aromatic carbocycles. The summed E-state index contributed by atoms with van der Waals surface area (Å²) in [5, 5.41) is 2.98. The van der Waals surface area contributed by atoms with Gasteiger partial charge in [-0.15, -0.1) is 0 Å². The molecule has 0 saturated heterocycles. The predicted molar refractivity (Wildman–Crippen MR) is 86.9 cm³/mol. The van der Waals surface area contributed by atoms with Crippen LogP contribution in [-0.4, -0.2) is 29.4 Å². The van der Waals surface area contributed by atoms with Gasteiger partial charge in [0.05, 0.1) is 6.54 Å². The van der Waals surface area contributed by atoms with Crippen molar-refractivity contribution in [1.82, 2.24) is 4.90 Å². The first-order valence-electron chi connectivity index (χ1n) is 7.37. The molecule has 1 aromatic rings. The summed E-state index contributed by atoms with van der Waals surface area (Å²) in [6.07, 6.45) is 5.04. The third-order valence-electron chi connectivity index (χ3n) is 3.91. The number of nitrogens with zero attached hydrogens (tertiary/aromatic N) is 1. The molecule has 0 heterocycles. The first-order valence-corrected chi connectivity index (χ1v) is 8.16. The smallest absolute Gasteiger partial charge is 0.238 e. The van der Waals surface area contributed by atoms with E-state index >= 15 is 0 Å². The number of hydrogen-bond donors (Lipinski definition) is 1. The van der Waals surface area contributed by atoms with Crippen LogP contribution in [0.25, 0.3) is 0 Å². The van der Waals surface area contributed by atoms with Crippen molar-refractivity contribution in [3.05, 3.63) is 28.7 Å². The van der Waals surface area contributed by atoms with E-state index in [1.807, 2.05) is 24.3 Å². The highest BCUT2D eigenvalue weighted by atomic mass is 79.9. The first-order chi connectivity index (χ1) is 9.56. The summed E-state index contributed by atoms with van der Waals surface area (Å²) in [5.41, 5.74) is 0.855. The number of halogens is 1. The molecule has 0 unspecified atom stereocenters. The van der Waals surface area contributed by atoms with Gasteiger partial charge in [-0.2, -0.15) is 0 Å². The van der Waals surface area contributed by atoms with Gasteiger partial charge in [-0.3, -0.25) is 9.69 Å². The Labute approximate surface area is 129 Å². The summed E-state index contributed by atoms with van der Waals surface area (Å²) >= 11 is 3.39. The summed E-state index contributed by atoms with van der Waals surface area (Å²) < 4.78 is 1.02. The summed E-state index contributed by atoms with van der Waals surface area (Å²) in [4.78, 5) is 14.5. The molecular weight excluding hydrogens is 316 g/mol. The van der Waals surface area contributed by atoms with Crippen molar-refractivity contribution in [1.29, 1.82) is 0 Å². The third-order valence-corrected chi connectivity index (χ3v) is 4.44. The highest BCUT2D eigenvalue weighted by molar-refractivity contribution is 9.10. The van der Waals surface area contributed by atoms with Gasteiger partial charge in [0.1, 0.15) is 0 Å². The van der Waals surface area contributed by atoms with Crippen LogP contribution >= 0.6 is 15.9 Å². The van der Waals surface area contributed by atoms with E-state index in [2.05, 4.69) is 40.0 Å². The summed E-state index contributed by atoms with van der Waals surface area (Å²) in [6, 6.07) is 8.69. The van der Waals surface area contributed by atoms with Gasteiger partial charge >= 0.3 is 0 Å². The summed E-state index contributed by atoms with van der Waals surface area (Å²) in [5.74, 6) is 0.0768. The van der Waals surface area contributed by atoms with E-state index in [1.165, 1.54) is 25.7 Å². The topological polar surface area (TPSA) is 32.3 Å². The minimum absolute atomic E-state index is 0.0768. The third kappa shape index (κ3) is 4.32. The number of anilines is 1. The second-order valence-corrected chi connectivity index (χ2v) is 6.68. The number of hydrogen-bond acceptors (Lipinski definition) is 2. The number of amides is 1. The van der Waals surface area contributed by atoms with Gasteiger partial charge in [-0.05, 0) is 51.0 Å². The normalized spacial score (nSPS) is 16.1. The van der Waals surface area contributed by atoms with Crippen LogP contribution in [0, 0.1) is 0 Å². The van der Waals surface area contributed by atoms with E-state index < -0.39 is 0 Å². The van der Waals surface area contributed by atoms with E-state index in [0.717, 1.165) is 10.2 Å². The summed E-state index contributed by atoms with van der Waals surface area (Å²) in [7, 11) is 0. The molecule has 1 aliphatic rings. The number of benzene rings is 1. The van der Waals surface area contributed by atoms with Gasteiger partial charge in [0.15, 0.2) is 0 Å². The Morgan fingerprint density at radius 1 is 1.30 bits per heavy atom. The molecular formula is C16H23BrN2O. The Balaban J connectivity index is 1.92. The molecule has 0 atom stereocenters. The molecule has 1 saturated carbocycles. The fraction of sp³-hybridized carbons (Fsp3) is 0.562. The average molecular weight is 339 g/mol. The highest BCUT2D eigenvalue weighted by Gasteiger charge is 2.26. The molecule has 1 amide bonds. The SMILES string of the molecule is CC(C)N(CC(=O)Nc1ccc(Br)cc1)C1CCCC1. The van der Waals surface area contributed by atoms with Gasteiger partial charge < -0.3 is 5.32 Å². The molecule has 3 nitrogen and oxygen atoms in total. The molecule has 20 heavy (non-hydrogen) atoms. The Kier molecular flexibility index (Phi) is 5.61. The van der Waals surface area contributed by atoms with Gasteiger partial charge in [0.2, 0.25) is 5.91 Å². The lowest BCUT2D eigenvalue weighted by molar-refractivity contribution is -0.118. The zero-order valence-electron chi connectivity index (χ0n) is 12.2. The van der Waals surface area contributed by atoms with Crippen LogP contribution in [-0.2, 0) is 4.79 Å². The molecule has 0 radical (unpaired) electrons. The minimum Gasteiger partial charge on any atom is -0.325 e. The van der Waals surface area contributed by atoms with Crippen LogP contribution in [0.15, 0.2) is 28.7 Å². The van der Waals surface area contributed by atoms with Gasteiger partial charge in [0.25, 0.3) is 0 Å². The van der Waals surface area contributed by atoms with Crippen molar-refractivity contribution in [2.45, 2.75) is 51.6 Å². The lowest BCUT2D eigenvalue weighted by atomic mass is 10.1. The van der Waals surface area contributed by atoms with Gasteiger partial charge in [0, 0.05) is 22.2 Å². The van der Waals surface area contributed by atoms with Crippen LogP contribution in [0.3, 0.4) is 0 Å². The zero-order valence-corrected chi connectivity index (χ0v) is 13.8. The van der Waals surface area contributed by atoms with Crippen LogP contribution in [0.4, 0.5) is 5.69 Å². The molecule has 110 valence electrons. The minimum atomic E-state index is 0.0768. The van der Waals surface area contributed by atoms with Crippen LogP contribution in [0.1, 0.15) is 39.5 Å². The quantitative estimate of drug-likeness (QED) is 0.878. The molecule has 1 fully saturated rings. The maximum atomic E-state index is 12.2.